The van der Waals surface area contributed by atoms with E-state index in [0.29, 0.717) is 11.5 Å². The molecule has 3 aromatic rings. The maximum Gasteiger partial charge on any atom is 0.314 e. The van der Waals surface area contributed by atoms with Crippen LogP contribution in [0.1, 0.15) is 29.0 Å². The van der Waals surface area contributed by atoms with Crippen LogP contribution >= 0.6 is 0 Å². The molecule has 9 nitrogen and oxygen atoms in total. The molecule has 3 heterocycles. The molecule has 2 N–H and O–H groups in total. The lowest BCUT2D eigenvalue weighted by molar-refractivity contribution is -0.136. The molecule has 136 valence electrons. The molecule has 0 spiro atoms. The highest BCUT2D eigenvalue weighted by Crippen LogP contribution is 2.20. The summed E-state index contributed by atoms with van der Waals surface area (Å²) in [6.45, 7) is 5.62. The zero-order valence-electron chi connectivity index (χ0n) is 14.6. The number of carbonyl (C=O) groups is 2. The van der Waals surface area contributed by atoms with Crippen molar-refractivity contribution in [2.45, 2.75) is 26.8 Å². The number of aryl methyl sites for hydroxylation is 3. The molecule has 26 heavy (non-hydrogen) atoms. The number of hydrogen-bond donors (Lipinski definition) is 2. The van der Waals surface area contributed by atoms with Crippen LogP contribution < -0.4 is 10.6 Å². The minimum atomic E-state index is -0.829. The van der Waals surface area contributed by atoms with Crippen molar-refractivity contribution in [1.82, 2.24) is 20.3 Å². The van der Waals surface area contributed by atoms with Gasteiger partial charge in [-0.2, -0.15) is 5.10 Å². The number of amides is 2. The van der Waals surface area contributed by atoms with Crippen LogP contribution in [0.3, 0.4) is 0 Å². The van der Waals surface area contributed by atoms with Crippen LogP contribution in [0.4, 0.5) is 5.82 Å². The van der Waals surface area contributed by atoms with Gasteiger partial charge < -0.3 is 14.3 Å². The molecule has 3 aromatic heterocycles. The van der Waals surface area contributed by atoms with Crippen LogP contribution in [-0.2, 0) is 9.59 Å². The SMILES string of the molecule is Cc1cc(C)n(C(CNC(=O)C(=O)Nc2cc(C)on2)c2ccco2)n1. The average Bonchev–Trinajstić information content (AvgIpc) is 3.31. The second-order valence-corrected chi connectivity index (χ2v) is 5.89. The molecular formula is C17H19N5O4. The van der Waals surface area contributed by atoms with Crippen LogP contribution in [0.15, 0.2) is 39.5 Å². The fourth-order valence-electron chi connectivity index (χ4n) is 2.62. The number of anilines is 1. The molecule has 0 aliphatic heterocycles. The quantitative estimate of drug-likeness (QED) is 0.672. The third kappa shape index (κ3) is 3.82. The molecule has 1 atom stereocenters. The molecule has 3 rings (SSSR count). The van der Waals surface area contributed by atoms with Gasteiger partial charge in [0.05, 0.1) is 12.0 Å². The van der Waals surface area contributed by atoms with E-state index in [9.17, 15) is 9.59 Å². The van der Waals surface area contributed by atoms with Gasteiger partial charge in [0.15, 0.2) is 5.82 Å². The predicted molar refractivity (Wildman–Crippen MR) is 91.4 cm³/mol. The van der Waals surface area contributed by atoms with Crippen molar-refractivity contribution in [3.8, 4) is 0 Å². The first-order chi connectivity index (χ1) is 12.4. The Morgan fingerprint density at radius 3 is 2.62 bits per heavy atom. The summed E-state index contributed by atoms with van der Waals surface area (Å²) in [5.74, 6) is -0.274. The Morgan fingerprint density at radius 1 is 1.23 bits per heavy atom. The van der Waals surface area contributed by atoms with Gasteiger partial charge in [-0.3, -0.25) is 19.6 Å². The highest BCUT2D eigenvalue weighted by atomic mass is 16.5. The number of nitrogens with zero attached hydrogens (tertiary/aromatic N) is 3. The lowest BCUT2D eigenvalue weighted by Gasteiger charge is -2.17. The molecule has 0 aromatic carbocycles. The summed E-state index contributed by atoms with van der Waals surface area (Å²) in [6.07, 6.45) is 1.55. The van der Waals surface area contributed by atoms with Gasteiger partial charge in [-0.15, -0.1) is 0 Å². The van der Waals surface area contributed by atoms with Crippen molar-refractivity contribution in [3.63, 3.8) is 0 Å². The number of carbonyl (C=O) groups excluding carboxylic acids is 2. The Bertz CT molecular complexity index is 910. The first-order valence-electron chi connectivity index (χ1n) is 8.02. The first kappa shape index (κ1) is 17.5. The van der Waals surface area contributed by atoms with E-state index < -0.39 is 11.8 Å². The summed E-state index contributed by atoms with van der Waals surface area (Å²) in [5, 5.41) is 13.0. The van der Waals surface area contributed by atoms with Gasteiger partial charge in [0.2, 0.25) is 0 Å². The van der Waals surface area contributed by atoms with Crippen LogP contribution in [0, 0.1) is 20.8 Å². The Morgan fingerprint density at radius 2 is 2.04 bits per heavy atom. The fourth-order valence-corrected chi connectivity index (χ4v) is 2.62. The standard InChI is InChI=1S/C17H19N5O4/c1-10-7-11(2)22(20-10)13(14-5-4-6-25-14)9-18-16(23)17(24)19-15-8-12(3)26-21-15/h4-8,13H,9H2,1-3H3,(H,18,23)(H,19,21,24). The lowest BCUT2D eigenvalue weighted by Crippen LogP contribution is -2.39. The molecule has 0 saturated carbocycles. The van der Waals surface area contributed by atoms with Gasteiger partial charge in [0, 0.05) is 18.3 Å². The van der Waals surface area contributed by atoms with E-state index in [-0.39, 0.29) is 18.4 Å². The minimum Gasteiger partial charge on any atom is -0.467 e. The maximum atomic E-state index is 12.1. The van der Waals surface area contributed by atoms with Crippen molar-refractivity contribution < 1.29 is 18.5 Å². The predicted octanol–water partition coefficient (Wildman–Crippen LogP) is 1.73. The van der Waals surface area contributed by atoms with Gasteiger partial charge >= 0.3 is 11.8 Å². The van der Waals surface area contributed by atoms with Crippen LogP contribution in [-0.4, -0.2) is 33.3 Å². The van der Waals surface area contributed by atoms with Gasteiger partial charge in [0.1, 0.15) is 17.6 Å². The molecule has 0 radical (unpaired) electrons. The van der Waals surface area contributed by atoms with Crippen LogP contribution in [0.25, 0.3) is 0 Å². The Kier molecular flexibility index (Phi) is 4.87. The van der Waals surface area contributed by atoms with Crippen molar-refractivity contribution in [2.75, 3.05) is 11.9 Å². The van der Waals surface area contributed by atoms with E-state index in [2.05, 4.69) is 20.9 Å². The third-order valence-electron chi connectivity index (χ3n) is 3.74. The topological polar surface area (TPSA) is 115 Å². The van der Waals surface area contributed by atoms with Gasteiger partial charge in [0.25, 0.3) is 0 Å². The number of hydrogen-bond acceptors (Lipinski definition) is 6. The lowest BCUT2D eigenvalue weighted by atomic mass is 10.2. The smallest absolute Gasteiger partial charge is 0.314 e. The van der Waals surface area contributed by atoms with Gasteiger partial charge in [-0.25, -0.2) is 0 Å². The van der Waals surface area contributed by atoms with Crippen LogP contribution in [0.2, 0.25) is 0 Å². The number of furan rings is 1. The monoisotopic (exact) mass is 357 g/mol. The summed E-state index contributed by atoms with van der Waals surface area (Å²) in [5.41, 5.74) is 1.77. The van der Waals surface area contributed by atoms with Crippen molar-refractivity contribution >= 4 is 17.6 Å². The average molecular weight is 357 g/mol. The van der Waals surface area contributed by atoms with Crippen molar-refractivity contribution in [1.29, 1.82) is 0 Å². The van der Waals surface area contributed by atoms with E-state index in [1.165, 1.54) is 6.07 Å². The van der Waals surface area contributed by atoms with Crippen molar-refractivity contribution in [2.24, 2.45) is 0 Å². The third-order valence-corrected chi connectivity index (χ3v) is 3.74. The largest absolute Gasteiger partial charge is 0.467 e. The normalized spacial score (nSPS) is 12.0. The van der Waals surface area contributed by atoms with E-state index in [0.717, 1.165) is 11.4 Å². The molecule has 9 heteroatoms. The van der Waals surface area contributed by atoms with E-state index in [1.807, 2.05) is 19.9 Å². The van der Waals surface area contributed by atoms with Gasteiger partial charge in [-0.1, -0.05) is 5.16 Å². The molecule has 0 aliphatic carbocycles. The zero-order chi connectivity index (χ0) is 18.7. The Labute approximate surface area is 149 Å². The molecular weight excluding hydrogens is 338 g/mol. The zero-order valence-corrected chi connectivity index (χ0v) is 14.6. The van der Waals surface area contributed by atoms with Gasteiger partial charge in [-0.05, 0) is 39.0 Å². The molecule has 0 bridgehead atoms. The summed E-state index contributed by atoms with van der Waals surface area (Å²) in [7, 11) is 0. The molecule has 2 amide bonds. The van der Waals surface area contributed by atoms with E-state index in [4.69, 9.17) is 8.94 Å². The second kappa shape index (κ2) is 7.26. The fraction of sp³-hybridized carbons (Fsp3) is 0.294. The molecule has 1 unspecified atom stereocenters. The van der Waals surface area contributed by atoms with Crippen molar-refractivity contribution in [3.05, 3.63) is 53.4 Å². The first-order valence-corrected chi connectivity index (χ1v) is 8.02. The highest BCUT2D eigenvalue weighted by Gasteiger charge is 2.23. The minimum absolute atomic E-state index is 0.138. The van der Waals surface area contributed by atoms with Crippen LogP contribution in [0.5, 0.6) is 0 Å². The Balaban J connectivity index is 1.68. The highest BCUT2D eigenvalue weighted by molar-refractivity contribution is 6.39. The Hall–Kier alpha value is -3.36. The number of rotatable bonds is 5. The summed E-state index contributed by atoms with van der Waals surface area (Å²) in [4.78, 5) is 24.1. The van der Waals surface area contributed by atoms with E-state index >= 15 is 0 Å². The number of aromatic nitrogens is 3. The maximum absolute atomic E-state index is 12.1. The summed E-state index contributed by atoms with van der Waals surface area (Å²) >= 11 is 0. The molecule has 0 fully saturated rings. The molecule has 0 saturated heterocycles. The summed E-state index contributed by atoms with van der Waals surface area (Å²) in [6, 6.07) is 6.63. The summed E-state index contributed by atoms with van der Waals surface area (Å²) < 4.78 is 12.1. The molecule has 0 aliphatic rings. The number of nitrogens with one attached hydrogen (secondary N) is 2. The van der Waals surface area contributed by atoms with E-state index in [1.54, 1.807) is 30.0 Å². The second-order valence-electron chi connectivity index (χ2n) is 5.89.